The number of hydrogen-bond donors (Lipinski definition) is 3. The molecule has 104 valence electrons. The third kappa shape index (κ3) is 5.15. The van der Waals surface area contributed by atoms with Crippen molar-refractivity contribution < 1.29 is 14.7 Å². The van der Waals surface area contributed by atoms with E-state index in [1.165, 1.54) is 6.92 Å². The van der Waals surface area contributed by atoms with Gasteiger partial charge in [-0.25, -0.2) is 0 Å². The minimum Gasteiger partial charge on any atom is -0.391 e. The average molecular weight is 265 g/mol. The van der Waals surface area contributed by atoms with Gasteiger partial charge in [0.05, 0.1) is 6.10 Å². The van der Waals surface area contributed by atoms with Crippen molar-refractivity contribution in [3.05, 3.63) is 30.1 Å². The van der Waals surface area contributed by atoms with E-state index in [9.17, 15) is 14.7 Å². The van der Waals surface area contributed by atoms with Gasteiger partial charge in [0.25, 0.3) is 0 Å². The van der Waals surface area contributed by atoms with E-state index < -0.39 is 18.1 Å². The first kappa shape index (κ1) is 15.3. The number of aliphatic hydroxyl groups is 1. The summed E-state index contributed by atoms with van der Waals surface area (Å²) in [6.45, 7) is 1.45. The van der Waals surface area contributed by atoms with Crippen LogP contribution >= 0.6 is 0 Å². The van der Waals surface area contributed by atoms with Crippen LogP contribution in [0.3, 0.4) is 0 Å². The molecule has 0 fully saturated rings. The maximum Gasteiger partial charge on any atom is 0.239 e. The van der Waals surface area contributed by atoms with Crippen molar-refractivity contribution in [2.45, 2.75) is 38.0 Å². The molecule has 0 aliphatic heterocycles. The lowest BCUT2D eigenvalue weighted by atomic mass is 10.0. The first-order valence-electron chi connectivity index (χ1n) is 6.11. The molecule has 6 nitrogen and oxygen atoms in total. The number of hydrogen-bond acceptors (Lipinski definition) is 5. The highest BCUT2D eigenvalue weighted by molar-refractivity contribution is 5.82. The Morgan fingerprint density at radius 2 is 2.16 bits per heavy atom. The highest BCUT2D eigenvalue weighted by atomic mass is 16.3. The lowest BCUT2D eigenvalue weighted by molar-refractivity contribution is -0.125. The third-order valence-corrected chi connectivity index (χ3v) is 2.78. The van der Waals surface area contributed by atoms with Crippen molar-refractivity contribution in [3.63, 3.8) is 0 Å². The summed E-state index contributed by atoms with van der Waals surface area (Å²) in [6.07, 6.45) is 3.82. The van der Waals surface area contributed by atoms with Gasteiger partial charge < -0.3 is 21.0 Å². The fraction of sp³-hybridized carbons (Fsp3) is 0.462. The molecular formula is C13H19N3O3. The van der Waals surface area contributed by atoms with Gasteiger partial charge in [0.15, 0.2) is 0 Å². The summed E-state index contributed by atoms with van der Waals surface area (Å²) in [5.41, 5.74) is 6.50. The normalized spacial score (nSPS) is 15.3. The maximum atomic E-state index is 11.7. The Morgan fingerprint density at radius 3 is 2.68 bits per heavy atom. The Labute approximate surface area is 112 Å². The molecule has 0 aliphatic carbocycles. The Bertz CT molecular complexity index is 409. The molecule has 1 aromatic rings. The summed E-state index contributed by atoms with van der Waals surface area (Å²) in [5, 5.41) is 11.9. The Hall–Kier alpha value is -1.79. The number of aromatic nitrogens is 1. The number of rotatable bonds is 7. The van der Waals surface area contributed by atoms with E-state index in [1.807, 2.05) is 12.1 Å². The van der Waals surface area contributed by atoms with E-state index in [0.29, 0.717) is 6.42 Å². The van der Waals surface area contributed by atoms with Crippen molar-refractivity contribution in [1.82, 2.24) is 10.3 Å². The van der Waals surface area contributed by atoms with Gasteiger partial charge in [-0.3, -0.25) is 9.78 Å². The first-order chi connectivity index (χ1) is 9.04. The van der Waals surface area contributed by atoms with Crippen LogP contribution in [0.2, 0.25) is 0 Å². The molecule has 3 atom stereocenters. The zero-order valence-corrected chi connectivity index (χ0v) is 10.8. The summed E-state index contributed by atoms with van der Waals surface area (Å²) in [6, 6.07) is 2.31. The third-order valence-electron chi connectivity index (χ3n) is 2.78. The quantitative estimate of drug-likeness (QED) is 0.571. The second-order valence-corrected chi connectivity index (χ2v) is 4.43. The highest BCUT2D eigenvalue weighted by Gasteiger charge is 2.21. The molecule has 0 saturated heterocycles. The van der Waals surface area contributed by atoms with Gasteiger partial charge in [0.2, 0.25) is 5.91 Å². The number of amides is 1. The topological polar surface area (TPSA) is 105 Å². The summed E-state index contributed by atoms with van der Waals surface area (Å²) < 4.78 is 0. The van der Waals surface area contributed by atoms with Crippen LogP contribution < -0.4 is 11.1 Å². The fourth-order valence-corrected chi connectivity index (χ4v) is 1.63. The molecule has 1 amide bonds. The molecule has 4 N–H and O–H groups in total. The van der Waals surface area contributed by atoms with Gasteiger partial charge in [0, 0.05) is 24.9 Å². The van der Waals surface area contributed by atoms with Crippen LogP contribution in [0, 0.1) is 0 Å². The smallest absolute Gasteiger partial charge is 0.239 e. The van der Waals surface area contributed by atoms with Crippen molar-refractivity contribution in [2.75, 3.05) is 0 Å². The Balaban J connectivity index is 2.63. The van der Waals surface area contributed by atoms with E-state index in [4.69, 9.17) is 5.73 Å². The highest BCUT2D eigenvalue weighted by Crippen LogP contribution is 2.04. The van der Waals surface area contributed by atoms with Crippen molar-refractivity contribution >= 4 is 12.2 Å². The summed E-state index contributed by atoms with van der Waals surface area (Å²) >= 11 is 0. The monoisotopic (exact) mass is 265 g/mol. The maximum absolute atomic E-state index is 11.7. The molecule has 0 radical (unpaired) electrons. The van der Waals surface area contributed by atoms with Crippen LogP contribution in [0.1, 0.15) is 18.9 Å². The lowest BCUT2D eigenvalue weighted by Gasteiger charge is -2.20. The SMILES string of the molecule is CC(O)C(N)C(=O)NC(CC=O)Cc1ccncc1. The molecule has 3 unspecified atom stereocenters. The Kier molecular flexibility index (Phi) is 6.11. The van der Waals surface area contributed by atoms with Crippen molar-refractivity contribution in [2.24, 2.45) is 5.73 Å². The zero-order valence-electron chi connectivity index (χ0n) is 10.8. The minimum absolute atomic E-state index is 0.195. The minimum atomic E-state index is -0.994. The van der Waals surface area contributed by atoms with Gasteiger partial charge in [-0.2, -0.15) is 0 Å². The van der Waals surface area contributed by atoms with Gasteiger partial charge in [-0.1, -0.05) is 0 Å². The van der Waals surface area contributed by atoms with Crippen LogP contribution in [0.25, 0.3) is 0 Å². The fourth-order valence-electron chi connectivity index (χ4n) is 1.63. The van der Waals surface area contributed by atoms with Crippen LogP contribution in [0.4, 0.5) is 0 Å². The van der Waals surface area contributed by atoms with E-state index in [2.05, 4.69) is 10.3 Å². The van der Waals surface area contributed by atoms with Crippen LogP contribution in [-0.4, -0.2) is 40.5 Å². The molecule has 1 aromatic heterocycles. The average Bonchev–Trinajstić information content (AvgIpc) is 2.39. The molecule has 0 aliphatic rings. The molecule has 0 spiro atoms. The molecule has 1 rings (SSSR count). The first-order valence-corrected chi connectivity index (χ1v) is 6.11. The molecule has 19 heavy (non-hydrogen) atoms. The molecule has 0 bridgehead atoms. The number of aldehydes is 1. The summed E-state index contributed by atoms with van der Waals surface area (Å²) in [5.74, 6) is -0.462. The number of aliphatic hydroxyl groups excluding tert-OH is 1. The standard InChI is InChI=1S/C13H19N3O3/c1-9(18)12(14)13(19)16-11(4-7-17)8-10-2-5-15-6-3-10/h2-3,5-7,9,11-12,18H,4,8,14H2,1H3,(H,16,19). The van der Waals surface area contributed by atoms with E-state index in [0.717, 1.165) is 11.8 Å². The predicted octanol–water partition coefficient (Wildman–Crippen LogP) is -0.594. The molecular weight excluding hydrogens is 246 g/mol. The van der Waals surface area contributed by atoms with Crippen LogP contribution in [0.5, 0.6) is 0 Å². The lowest BCUT2D eigenvalue weighted by Crippen LogP contribution is -2.50. The van der Waals surface area contributed by atoms with Gasteiger partial charge in [-0.15, -0.1) is 0 Å². The van der Waals surface area contributed by atoms with Gasteiger partial charge in [-0.05, 0) is 31.0 Å². The van der Waals surface area contributed by atoms with Crippen molar-refractivity contribution in [1.29, 1.82) is 0 Å². The zero-order chi connectivity index (χ0) is 14.3. The van der Waals surface area contributed by atoms with Crippen molar-refractivity contribution in [3.8, 4) is 0 Å². The number of pyridine rings is 1. The van der Waals surface area contributed by atoms with E-state index in [1.54, 1.807) is 12.4 Å². The predicted molar refractivity (Wildman–Crippen MR) is 70.2 cm³/mol. The van der Waals surface area contributed by atoms with E-state index in [-0.39, 0.29) is 12.5 Å². The number of nitrogens with two attached hydrogens (primary N) is 1. The summed E-state index contributed by atoms with van der Waals surface area (Å²) in [7, 11) is 0. The Morgan fingerprint density at radius 1 is 1.53 bits per heavy atom. The number of nitrogens with one attached hydrogen (secondary N) is 1. The molecule has 1 heterocycles. The van der Waals surface area contributed by atoms with Gasteiger partial charge >= 0.3 is 0 Å². The van der Waals surface area contributed by atoms with Gasteiger partial charge in [0.1, 0.15) is 12.3 Å². The molecule has 6 heteroatoms. The number of nitrogens with zero attached hydrogens (tertiary/aromatic N) is 1. The number of carbonyl (C=O) groups excluding carboxylic acids is 2. The number of carbonyl (C=O) groups is 2. The molecule has 0 saturated carbocycles. The second-order valence-electron chi connectivity index (χ2n) is 4.43. The second kappa shape index (κ2) is 7.60. The van der Waals surface area contributed by atoms with Crippen LogP contribution in [-0.2, 0) is 16.0 Å². The van der Waals surface area contributed by atoms with Crippen LogP contribution in [0.15, 0.2) is 24.5 Å². The summed E-state index contributed by atoms with van der Waals surface area (Å²) in [4.78, 5) is 26.3. The largest absolute Gasteiger partial charge is 0.391 e. The molecule has 0 aromatic carbocycles. The van der Waals surface area contributed by atoms with E-state index >= 15 is 0 Å².